The first-order valence-electron chi connectivity index (χ1n) is 11.2. The predicted octanol–water partition coefficient (Wildman–Crippen LogP) is 5.59. The Kier molecular flexibility index (Phi) is 7.35. The molecule has 0 spiro atoms. The van der Waals surface area contributed by atoms with E-state index in [-0.39, 0.29) is 16.1 Å². The Labute approximate surface area is 210 Å². The number of carbonyl (C=O) groups is 1. The van der Waals surface area contributed by atoms with Gasteiger partial charge in [0, 0.05) is 5.39 Å². The maximum absolute atomic E-state index is 12.8. The lowest BCUT2D eigenvalue weighted by atomic mass is 10.0. The van der Waals surface area contributed by atoms with Crippen LogP contribution in [0.3, 0.4) is 0 Å². The zero-order valence-electron chi connectivity index (χ0n) is 19.6. The summed E-state index contributed by atoms with van der Waals surface area (Å²) >= 11 is 4.75. The Morgan fingerprint density at radius 2 is 1.54 bits per heavy atom. The number of nitrogens with one attached hydrogen (secondary N) is 1. The van der Waals surface area contributed by atoms with E-state index in [0.717, 1.165) is 33.4 Å². The van der Waals surface area contributed by atoms with Gasteiger partial charge in [-0.05, 0) is 46.9 Å². The molecule has 0 fully saturated rings. The van der Waals surface area contributed by atoms with Gasteiger partial charge in [-0.1, -0.05) is 68.4 Å². The van der Waals surface area contributed by atoms with Crippen LogP contribution in [0, 0.1) is 5.92 Å². The zero-order chi connectivity index (χ0) is 25.2. The van der Waals surface area contributed by atoms with E-state index < -0.39 is 22.0 Å². The van der Waals surface area contributed by atoms with Crippen LogP contribution in [-0.4, -0.2) is 27.5 Å². The number of hydrogen-bond donors (Lipinski definition) is 2. The molecule has 1 heterocycles. The van der Waals surface area contributed by atoms with Crippen molar-refractivity contribution in [3.05, 3.63) is 90.2 Å². The van der Waals surface area contributed by atoms with Gasteiger partial charge in [0.2, 0.25) is 10.0 Å². The smallest absolute Gasteiger partial charge is 0.324 e. The molecular formula is C27H27NO5S2. The number of methoxy groups -OCH3 is 1. The molecule has 0 saturated carbocycles. The Balaban J connectivity index is 1.50. The van der Waals surface area contributed by atoms with Gasteiger partial charge in [0.05, 0.1) is 17.3 Å². The molecule has 0 bridgehead atoms. The summed E-state index contributed by atoms with van der Waals surface area (Å²) in [5.74, 6) is -0.105. The van der Waals surface area contributed by atoms with Gasteiger partial charge in [-0.15, -0.1) is 0 Å². The first kappa shape index (κ1) is 25.0. The van der Waals surface area contributed by atoms with Crippen LogP contribution in [0.25, 0.3) is 22.1 Å². The lowest BCUT2D eigenvalue weighted by Crippen LogP contribution is -2.44. The van der Waals surface area contributed by atoms with Gasteiger partial charge in [0.15, 0.2) is 0 Å². The number of esters is 1. The first-order valence-corrected chi connectivity index (χ1v) is 13.2. The zero-order valence-corrected chi connectivity index (χ0v) is 21.3. The molecule has 0 radical (unpaired) electrons. The number of para-hydroxylation sites is 1. The van der Waals surface area contributed by atoms with Gasteiger partial charge in [-0.2, -0.15) is 17.4 Å². The molecular weight excluding hydrogens is 482 g/mol. The second-order valence-electron chi connectivity index (χ2n) is 8.60. The van der Waals surface area contributed by atoms with E-state index in [1.165, 1.54) is 19.2 Å². The van der Waals surface area contributed by atoms with E-state index in [0.29, 0.717) is 0 Å². The third-order valence-electron chi connectivity index (χ3n) is 5.84. The number of carbonyl (C=O) groups excluding carboxylic acids is 1. The van der Waals surface area contributed by atoms with E-state index in [1.54, 1.807) is 26.0 Å². The van der Waals surface area contributed by atoms with E-state index in [1.807, 2.05) is 54.6 Å². The molecule has 3 aromatic carbocycles. The van der Waals surface area contributed by atoms with E-state index in [9.17, 15) is 13.2 Å². The van der Waals surface area contributed by atoms with Crippen molar-refractivity contribution in [2.75, 3.05) is 7.11 Å². The Bertz CT molecular complexity index is 1390. The topological polar surface area (TPSA) is 85.6 Å². The van der Waals surface area contributed by atoms with Gasteiger partial charge in [-0.3, -0.25) is 4.79 Å². The molecule has 0 aliphatic rings. The molecule has 1 N–H and O–H groups in total. The number of thiol groups is 1. The molecule has 0 amide bonds. The highest BCUT2D eigenvalue weighted by Gasteiger charge is 2.29. The van der Waals surface area contributed by atoms with Crippen molar-refractivity contribution in [2.24, 2.45) is 5.92 Å². The Morgan fingerprint density at radius 1 is 0.943 bits per heavy atom. The molecule has 2 atom stereocenters. The summed E-state index contributed by atoms with van der Waals surface area (Å²) in [7, 11) is -2.65. The second-order valence-corrected chi connectivity index (χ2v) is 10.8. The molecule has 2 unspecified atom stereocenters. The molecule has 6 nitrogen and oxygen atoms in total. The van der Waals surface area contributed by atoms with Crippen LogP contribution in [0.5, 0.6) is 0 Å². The minimum absolute atomic E-state index is 0.0766. The standard InChI is InChI=1S/C27H27NO5S2/c1-17(2)25(27(29)32-3)28-35(30,31)22-14-12-19(13-15-22)18-8-10-20(11-9-18)26(34)24-16-21-6-4-5-7-23(21)33-24/h4-17,25-26,28,34H,1-3H3. The molecule has 0 aliphatic carbocycles. The number of hydrogen-bond acceptors (Lipinski definition) is 6. The summed E-state index contributed by atoms with van der Waals surface area (Å²) in [5, 5.41) is 0.827. The average molecular weight is 510 g/mol. The van der Waals surface area contributed by atoms with Crippen LogP contribution in [-0.2, 0) is 19.6 Å². The van der Waals surface area contributed by atoms with E-state index >= 15 is 0 Å². The molecule has 1 aromatic heterocycles. The van der Waals surface area contributed by atoms with Crippen molar-refractivity contribution in [3.8, 4) is 11.1 Å². The fourth-order valence-electron chi connectivity index (χ4n) is 3.80. The number of benzene rings is 3. The highest BCUT2D eigenvalue weighted by atomic mass is 32.2. The Hall–Kier alpha value is -3.07. The maximum Gasteiger partial charge on any atom is 0.324 e. The highest BCUT2D eigenvalue weighted by molar-refractivity contribution is 7.89. The van der Waals surface area contributed by atoms with Crippen LogP contribution in [0.4, 0.5) is 0 Å². The van der Waals surface area contributed by atoms with Gasteiger partial charge in [0.1, 0.15) is 17.4 Å². The fraction of sp³-hybridized carbons (Fsp3) is 0.222. The SMILES string of the molecule is COC(=O)C(NS(=O)(=O)c1ccc(-c2ccc(C(S)c3cc4ccccc4o3)cc2)cc1)C(C)C. The normalized spacial score (nSPS) is 13.6. The van der Waals surface area contributed by atoms with Gasteiger partial charge in [-0.25, -0.2) is 8.42 Å². The molecule has 4 aromatic rings. The van der Waals surface area contributed by atoms with Crippen LogP contribution < -0.4 is 4.72 Å². The maximum atomic E-state index is 12.8. The molecule has 35 heavy (non-hydrogen) atoms. The third-order valence-corrected chi connectivity index (χ3v) is 7.85. The summed E-state index contributed by atoms with van der Waals surface area (Å²) in [6.07, 6.45) is 0. The second kappa shape index (κ2) is 10.3. The molecule has 0 aliphatic heterocycles. The molecule has 8 heteroatoms. The number of sulfonamides is 1. The van der Waals surface area contributed by atoms with Crippen molar-refractivity contribution in [2.45, 2.75) is 30.0 Å². The monoisotopic (exact) mass is 509 g/mol. The summed E-state index contributed by atoms with van der Waals surface area (Å²) < 4.78 is 38.7. The minimum atomic E-state index is -3.89. The lowest BCUT2D eigenvalue weighted by Gasteiger charge is -2.19. The molecule has 0 saturated heterocycles. The predicted molar refractivity (Wildman–Crippen MR) is 140 cm³/mol. The van der Waals surface area contributed by atoms with Crippen LogP contribution >= 0.6 is 12.6 Å². The lowest BCUT2D eigenvalue weighted by molar-refractivity contribution is -0.143. The quantitative estimate of drug-likeness (QED) is 0.239. The Morgan fingerprint density at radius 3 is 2.11 bits per heavy atom. The van der Waals surface area contributed by atoms with Crippen molar-refractivity contribution in [1.29, 1.82) is 0 Å². The third kappa shape index (κ3) is 5.45. The number of fused-ring (bicyclic) bond motifs is 1. The van der Waals surface area contributed by atoms with Crippen molar-refractivity contribution in [1.82, 2.24) is 4.72 Å². The van der Waals surface area contributed by atoms with Gasteiger partial charge >= 0.3 is 5.97 Å². The van der Waals surface area contributed by atoms with Crippen LogP contribution in [0.1, 0.15) is 30.4 Å². The number of ether oxygens (including phenoxy) is 1. The van der Waals surface area contributed by atoms with Gasteiger partial charge in [0.25, 0.3) is 0 Å². The summed E-state index contributed by atoms with van der Waals surface area (Å²) in [6, 6.07) is 23.3. The minimum Gasteiger partial charge on any atom is -0.468 e. The van der Waals surface area contributed by atoms with Gasteiger partial charge < -0.3 is 9.15 Å². The van der Waals surface area contributed by atoms with Crippen molar-refractivity contribution in [3.63, 3.8) is 0 Å². The van der Waals surface area contributed by atoms with E-state index in [2.05, 4.69) is 4.72 Å². The number of rotatable bonds is 8. The van der Waals surface area contributed by atoms with Crippen molar-refractivity contribution >= 4 is 39.6 Å². The average Bonchev–Trinajstić information content (AvgIpc) is 3.31. The fourth-order valence-corrected chi connectivity index (χ4v) is 5.44. The largest absolute Gasteiger partial charge is 0.468 e. The molecule has 182 valence electrons. The van der Waals surface area contributed by atoms with Crippen molar-refractivity contribution < 1.29 is 22.4 Å². The molecule has 4 rings (SSSR count). The summed E-state index contributed by atoms with van der Waals surface area (Å²) in [5.41, 5.74) is 3.62. The summed E-state index contributed by atoms with van der Waals surface area (Å²) in [6.45, 7) is 3.50. The highest BCUT2D eigenvalue weighted by Crippen LogP contribution is 2.33. The van der Waals surface area contributed by atoms with E-state index in [4.69, 9.17) is 21.8 Å². The summed E-state index contributed by atoms with van der Waals surface area (Å²) in [4.78, 5) is 12.0. The van der Waals surface area contributed by atoms with Crippen LogP contribution in [0.2, 0.25) is 0 Å². The number of furan rings is 1. The first-order chi connectivity index (χ1) is 16.7. The van der Waals surface area contributed by atoms with Crippen LogP contribution in [0.15, 0.2) is 88.2 Å².